The Morgan fingerprint density at radius 2 is 1.65 bits per heavy atom. The lowest BCUT2D eigenvalue weighted by Crippen LogP contribution is -2.46. The summed E-state index contributed by atoms with van der Waals surface area (Å²) in [6.07, 6.45) is 8.79. The van der Waals surface area contributed by atoms with Crippen LogP contribution in [0, 0.1) is 0 Å². The molecule has 5 rings (SSSR count). The highest BCUT2D eigenvalue weighted by molar-refractivity contribution is 6.38. The first-order valence-corrected chi connectivity index (χ1v) is 12.0. The number of carbonyl (C=O) groups is 1. The summed E-state index contributed by atoms with van der Waals surface area (Å²) in [5.74, 6) is 0. The third kappa shape index (κ3) is 4.69. The summed E-state index contributed by atoms with van der Waals surface area (Å²) >= 11 is 12.6. The number of nitrogens with zero attached hydrogens (tertiary/aromatic N) is 5. The van der Waals surface area contributed by atoms with Crippen molar-refractivity contribution in [3.63, 3.8) is 0 Å². The second kappa shape index (κ2) is 9.95. The lowest BCUT2D eigenvalue weighted by Gasteiger charge is -2.35. The van der Waals surface area contributed by atoms with Gasteiger partial charge in [0.15, 0.2) is 0 Å². The smallest absolute Gasteiger partial charge is 0.320 e. The maximum Gasteiger partial charge on any atom is 0.346 e. The SMILES string of the molecule is O=C(N1CCCCC1Cc1ccccc1)n1cc(-c2ccc(-c3c(Cl)cncc3Cl)cc2)nn1. The summed E-state index contributed by atoms with van der Waals surface area (Å²) in [4.78, 5) is 19.2. The van der Waals surface area contributed by atoms with Crippen molar-refractivity contribution in [3.05, 3.63) is 88.8 Å². The van der Waals surface area contributed by atoms with Gasteiger partial charge in [-0.3, -0.25) is 4.98 Å². The van der Waals surface area contributed by atoms with Crippen LogP contribution in [0.5, 0.6) is 0 Å². The molecule has 1 fully saturated rings. The first-order chi connectivity index (χ1) is 16.6. The molecule has 0 radical (unpaired) electrons. The third-order valence-electron chi connectivity index (χ3n) is 6.20. The molecule has 1 aliphatic heterocycles. The lowest BCUT2D eigenvalue weighted by atomic mass is 9.96. The molecule has 0 bridgehead atoms. The normalized spacial score (nSPS) is 15.9. The Morgan fingerprint density at radius 1 is 0.941 bits per heavy atom. The number of hydrogen-bond acceptors (Lipinski definition) is 4. The third-order valence-corrected chi connectivity index (χ3v) is 6.77. The number of amides is 1. The molecule has 8 heteroatoms. The van der Waals surface area contributed by atoms with E-state index in [1.54, 1.807) is 18.6 Å². The number of pyridine rings is 1. The molecule has 6 nitrogen and oxygen atoms in total. The summed E-state index contributed by atoms with van der Waals surface area (Å²) in [6, 6.07) is 18.0. The molecule has 0 aliphatic carbocycles. The molecular weight excluding hydrogens is 469 g/mol. The van der Waals surface area contributed by atoms with E-state index in [0.29, 0.717) is 15.7 Å². The highest BCUT2D eigenvalue weighted by atomic mass is 35.5. The Morgan fingerprint density at radius 3 is 2.38 bits per heavy atom. The monoisotopic (exact) mass is 491 g/mol. The number of likely N-dealkylation sites (tertiary alicyclic amines) is 1. The van der Waals surface area contributed by atoms with Crippen LogP contribution in [-0.2, 0) is 6.42 Å². The Balaban J connectivity index is 1.34. The van der Waals surface area contributed by atoms with E-state index < -0.39 is 0 Å². The number of rotatable bonds is 4. The Bertz CT molecular complexity index is 1270. The fraction of sp³-hybridized carbons (Fsp3) is 0.231. The van der Waals surface area contributed by atoms with Crippen molar-refractivity contribution < 1.29 is 4.79 Å². The molecule has 2 aromatic heterocycles. The molecule has 1 aliphatic rings. The first kappa shape index (κ1) is 22.6. The first-order valence-electron chi connectivity index (χ1n) is 11.3. The van der Waals surface area contributed by atoms with Crippen LogP contribution < -0.4 is 0 Å². The van der Waals surface area contributed by atoms with E-state index in [0.717, 1.165) is 48.9 Å². The minimum Gasteiger partial charge on any atom is -0.320 e. The van der Waals surface area contributed by atoms with Gasteiger partial charge in [0.25, 0.3) is 0 Å². The van der Waals surface area contributed by atoms with E-state index in [4.69, 9.17) is 23.2 Å². The van der Waals surface area contributed by atoms with Gasteiger partial charge in [-0.05, 0) is 36.8 Å². The Labute approximate surface area is 208 Å². The molecule has 1 saturated heterocycles. The zero-order chi connectivity index (χ0) is 23.5. The van der Waals surface area contributed by atoms with Crippen molar-refractivity contribution in [2.24, 2.45) is 0 Å². The van der Waals surface area contributed by atoms with Crippen molar-refractivity contribution in [1.29, 1.82) is 0 Å². The van der Waals surface area contributed by atoms with Crippen LogP contribution in [0.1, 0.15) is 24.8 Å². The van der Waals surface area contributed by atoms with Gasteiger partial charge < -0.3 is 4.90 Å². The van der Waals surface area contributed by atoms with Crippen LogP contribution >= 0.6 is 23.2 Å². The Hall–Kier alpha value is -3.22. The van der Waals surface area contributed by atoms with E-state index in [2.05, 4.69) is 27.4 Å². The molecule has 0 saturated carbocycles. The van der Waals surface area contributed by atoms with E-state index in [-0.39, 0.29) is 12.1 Å². The van der Waals surface area contributed by atoms with Gasteiger partial charge in [-0.2, -0.15) is 4.68 Å². The number of hydrogen-bond donors (Lipinski definition) is 0. The van der Waals surface area contributed by atoms with Gasteiger partial charge in [-0.25, -0.2) is 4.79 Å². The molecule has 172 valence electrons. The second-order valence-corrected chi connectivity index (χ2v) is 9.23. The topological polar surface area (TPSA) is 63.9 Å². The van der Waals surface area contributed by atoms with Crippen molar-refractivity contribution in [2.45, 2.75) is 31.7 Å². The predicted molar refractivity (Wildman–Crippen MR) is 134 cm³/mol. The minimum absolute atomic E-state index is 0.133. The van der Waals surface area contributed by atoms with Crippen LogP contribution in [0.15, 0.2) is 73.2 Å². The fourth-order valence-corrected chi connectivity index (χ4v) is 5.05. The van der Waals surface area contributed by atoms with Crippen molar-refractivity contribution >= 4 is 29.2 Å². The fourth-order valence-electron chi connectivity index (χ4n) is 4.47. The molecule has 4 aromatic rings. The molecular formula is C26H23Cl2N5O. The summed E-state index contributed by atoms with van der Waals surface area (Å²) in [5.41, 5.74) is 4.33. The molecule has 34 heavy (non-hydrogen) atoms. The molecule has 2 aromatic carbocycles. The van der Waals surface area contributed by atoms with E-state index in [1.165, 1.54) is 10.2 Å². The van der Waals surface area contributed by atoms with Crippen LogP contribution in [-0.4, -0.2) is 43.5 Å². The maximum absolute atomic E-state index is 13.3. The number of aromatic nitrogens is 4. The van der Waals surface area contributed by atoms with Gasteiger partial charge in [-0.15, -0.1) is 5.10 Å². The zero-order valence-corrected chi connectivity index (χ0v) is 20.0. The zero-order valence-electron chi connectivity index (χ0n) is 18.4. The summed E-state index contributed by atoms with van der Waals surface area (Å²) < 4.78 is 1.35. The molecule has 1 amide bonds. The largest absolute Gasteiger partial charge is 0.346 e. The van der Waals surface area contributed by atoms with Crippen LogP contribution in [0.2, 0.25) is 10.0 Å². The van der Waals surface area contributed by atoms with Gasteiger partial charge in [-0.1, -0.05) is 83.0 Å². The van der Waals surface area contributed by atoms with E-state index >= 15 is 0 Å². The van der Waals surface area contributed by atoms with Gasteiger partial charge in [0.05, 0.1) is 16.2 Å². The van der Waals surface area contributed by atoms with Crippen molar-refractivity contribution in [3.8, 4) is 22.4 Å². The average molecular weight is 492 g/mol. The molecule has 3 heterocycles. The van der Waals surface area contributed by atoms with Crippen molar-refractivity contribution in [1.82, 2.24) is 24.9 Å². The second-order valence-electron chi connectivity index (χ2n) is 8.42. The molecule has 0 spiro atoms. The average Bonchev–Trinajstić information content (AvgIpc) is 3.35. The lowest BCUT2D eigenvalue weighted by molar-refractivity contribution is 0.149. The number of benzene rings is 2. The number of halogens is 2. The van der Waals surface area contributed by atoms with Gasteiger partial charge in [0.1, 0.15) is 5.69 Å². The van der Waals surface area contributed by atoms with Crippen LogP contribution in [0.3, 0.4) is 0 Å². The summed E-state index contributed by atoms with van der Waals surface area (Å²) in [7, 11) is 0. The summed E-state index contributed by atoms with van der Waals surface area (Å²) in [6.45, 7) is 0.730. The van der Waals surface area contributed by atoms with Gasteiger partial charge in [0, 0.05) is 36.1 Å². The highest BCUT2D eigenvalue weighted by Crippen LogP contribution is 2.34. The molecule has 1 unspecified atom stereocenters. The highest BCUT2D eigenvalue weighted by Gasteiger charge is 2.28. The minimum atomic E-state index is -0.133. The predicted octanol–water partition coefficient (Wildman–Crippen LogP) is 6.38. The van der Waals surface area contributed by atoms with Gasteiger partial charge >= 0.3 is 6.03 Å². The Kier molecular flexibility index (Phi) is 6.61. The number of piperidine rings is 1. The standard InChI is InChI=1S/C26H23Cl2N5O/c27-22-15-29-16-23(28)25(22)20-11-9-19(10-12-20)24-17-33(31-30-24)26(34)32-13-5-4-8-21(32)14-18-6-2-1-3-7-18/h1-3,6-7,9-12,15-17,21H,4-5,8,13-14H2. The van der Waals surface area contributed by atoms with Gasteiger partial charge in [0.2, 0.25) is 0 Å². The quantitative estimate of drug-likeness (QED) is 0.332. The molecule has 0 N–H and O–H groups in total. The van der Waals surface area contributed by atoms with Crippen LogP contribution in [0.4, 0.5) is 4.79 Å². The van der Waals surface area contributed by atoms with E-state index in [9.17, 15) is 4.79 Å². The van der Waals surface area contributed by atoms with E-state index in [1.807, 2.05) is 47.4 Å². The van der Waals surface area contributed by atoms with Crippen LogP contribution in [0.25, 0.3) is 22.4 Å². The molecule has 1 atom stereocenters. The summed E-state index contributed by atoms with van der Waals surface area (Å²) in [5, 5.41) is 9.37. The maximum atomic E-state index is 13.3. The van der Waals surface area contributed by atoms with Crippen molar-refractivity contribution in [2.75, 3.05) is 6.54 Å². The number of carbonyl (C=O) groups excluding carboxylic acids is 1.